The lowest BCUT2D eigenvalue weighted by Crippen LogP contribution is -2.24. The molecule has 1 fully saturated rings. The van der Waals surface area contributed by atoms with Crippen LogP contribution >= 0.6 is 0 Å². The van der Waals surface area contributed by atoms with E-state index in [0.29, 0.717) is 6.04 Å². The largest absolute Gasteiger partial charge is 0.381 e. The van der Waals surface area contributed by atoms with Crippen molar-refractivity contribution in [2.45, 2.75) is 32.4 Å². The molecule has 1 aliphatic rings. The third-order valence-electron chi connectivity index (χ3n) is 2.63. The van der Waals surface area contributed by atoms with Crippen molar-refractivity contribution in [3.05, 3.63) is 5.82 Å². The van der Waals surface area contributed by atoms with Crippen molar-refractivity contribution >= 4 is 0 Å². The Morgan fingerprint density at radius 2 is 2.27 bits per heavy atom. The highest BCUT2D eigenvalue weighted by Gasteiger charge is 2.19. The summed E-state index contributed by atoms with van der Waals surface area (Å²) in [4.78, 5) is 0. The van der Waals surface area contributed by atoms with Gasteiger partial charge < -0.3 is 10.1 Å². The standard InChI is InChI=1S/C9H17N5O/c1-2-10-7-9-11-12-13-14(9)8-3-5-15-6-4-8/h8,10H,2-7H2,1H3. The van der Waals surface area contributed by atoms with E-state index in [9.17, 15) is 0 Å². The third kappa shape index (κ3) is 2.51. The molecule has 6 heteroatoms. The van der Waals surface area contributed by atoms with Crippen LogP contribution in [0.25, 0.3) is 0 Å². The van der Waals surface area contributed by atoms with Gasteiger partial charge in [-0.25, -0.2) is 4.68 Å². The predicted octanol–water partition coefficient (Wildman–Crippen LogP) is 0.134. The molecule has 0 aliphatic carbocycles. The lowest BCUT2D eigenvalue weighted by atomic mass is 10.1. The van der Waals surface area contributed by atoms with Crippen LogP contribution in [0, 0.1) is 0 Å². The van der Waals surface area contributed by atoms with Crippen LogP contribution < -0.4 is 5.32 Å². The van der Waals surface area contributed by atoms with Crippen LogP contribution in [0.4, 0.5) is 0 Å². The molecule has 0 atom stereocenters. The molecule has 1 aromatic heterocycles. The van der Waals surface area contributed by atoms with Gasteiger partial charge in [0.1, 0.15) is 0 Å². The van der Waals surface area contributed by atoms with E-state index in [1.165, 1.54) is 0 Å². The normalized spacial score (nSPS) is 18.2. The SMILES string of the molecule is CCNCc1nnnn1C1CCOCC1. The van der Waals surface area contributed by atoms with Gasteiger partial charge in [0.15, 0.2) is 5.82 Å². The lowest BCUT2D eigenvalue weighted by molar-refractivity contribution is 0.0647. The van der Waals surface area contributed by atoms with Gasteiger partial charge in [0, 0.05) is 13.2 Å². The molecule has 0 amide bonds. The Balaban J connectivity index is 2.02. The molecule has 2 heterocycles. The monoisotopic (exact) mass is 211 g/mol. The van der Waals surface area contributed by atoms with Crippen LogP contribution in [0.1, 0.15) is 31.6 Å². The van der Waals surface area contributed by atoms with E-state index < -0.39 is 0 Å². The van der Waals surface area contributed by atoms with Gasteiger partial charge in [-0.2, -0.15) is 0 Å². The van der Waals surface area contributed by atoms with Crippen molar-refractivity contribution < 1.29 is 4.74 Å². The molecule has 1 aliphatic heterocycles. The summed E-state index contributed by atoms with van der Waals surface area (Å²) >= 11 is 0. The molecule has 1 N–H and O–H groups in total. The Bertz CT molecular complexity index is 294. The second-order valence-corrected chi connectivity index (χ2v) is 3.66. The maximum absolute atomic E-state index is 5.32. The van der Waals surface area contributed by atoms with Crippen LogP contribution in [-0.4, -0.2) is 40.0 Å². The fraction of sp³-hybridized carbons (Fsp3) is 0.889. The third-order valence-corrected chi connectivity index (χ3v) is 2.63. The molecule has 0 unspecified atom stereocenters. The van der Waals surface area contributed by atoms with E-state index in [2.05, 4.69) is 27.8 Å². The number of aromatic nitrogens is 4. The summed E-state index contributed by atoms with van der Waals surface area (Å²) < 4.78 is 7.26. The number of hydrogen-bond acceptors (Lipinski definition) is 5. The van der Waals surface area contributed by atoms with Crippen molar-refractivity contribution in [3.8, 4) is 0 Å². The second-order valence-electron chi connectivity index (χ2n) is 3.66. The summed E-state index contributed by atoms with van der Waals surface area (Å²) in [5.74, 6) is 0.920. The summed E-state index contributed by atoms with van der Waals surface area (Å²) in [7, 11) is 0. The van der Waals surface area contributed by atoms with E-state index in [1.807, 2.05) is 4.68 Å². The van der Waals surface area contributed by atoms with Crippen molar-refractivity contribution in [2.24, 2.45) is 0 Å². The number of nitrogens with zero attached hydrogens (tertiary/aromatic N) is 4. The minimum absolute atomic E-state index is 0.405. The van der Waals surface area contributed by atoms with Crippen LogP contribution in [-0.2, 0) is 11.3 Å². The van der Waals surface area contributed by atoms with Gasteiger partial charge in [0.05, 0.1) is 12.6 Å². The zero-order valence-corrected chi connectivity index (χ0v) is 9.02. The number of hydrogen-bond donors (Lipinski definition) is 1. The summed E-state index contributed by atoms with van der Waals surface area (Å²) in [6.07, 6.45) is 2.01. The van der Waals surface area contributed by atoms with E-state index in [0.717, 1.165) is 45.0 Å². The minimum Gasteiger partial charge on any atom is -0.381 e. The number of rotatable bonds is 4. The topological polar surface area (TPSA) is 64.9 Å². The molecule has 0 aromatic carbocycles. The van der Waals surface area contributed by atoms with E-state index in [-0.39, 0.29) is 0 Å². The van der Waals surface area contributed by atoms with E-state index in [4.69, 9.17) is 4.74 Å². The van der Waals surface area contributed by atoms with Crippen LogP contribution in [0.15, 0.2) is 0 Å². The van der Waals surface area contributed by atoms with Gasteiger partial charge in [-0.15, -0.1) is 5.10 Å². The van der Waals surface area contributed by atoms with Crippen molar-refractivity contribution in [1.82, 2.24) is 25.5 Å². The summed E-state index contributed by atoms with van der Waals surface area (Å²) in [6.45, 7) is 5.36. The number of ether oxygens (including phenoxy) is 1. The average molecular weight is 211 g/mol. The summed E-state index contributed by atoms with van der Waals surface area (Å²) in [6, 6.07) is 0.405. The molecule has 0 radical (unpaired) electrons. The van der Waals surface area contributed by atoms with Gasteiger partial charge in [-0.1, -0.05) is 6.92 Å². The quantitative estimate of drug-likeness (QED) is 0.767. The average Bonchev–Trinajstić information content (AvgIpc) is 2.75. The summed E-state index contributed by atoms with van der Waals surface area (Å²) in [5, 5.41) is 15.0. The molecule has 0 bridgehead atoms. The van der Waals surface area contributed by atoms with Gasteiger partial charge in [0.25, 0.3) is 0 Å². The van der Waals surface area contributed by atoms with Gasteiger partial charge >= 0.3 is 0 Å². The van der Waals surface area contributed by atoms with E-state index in [1.54, 1.807) is 0 Å². The van der Waals surface area contributed by atoms with Crippen molar-refractivity contribution in [2.75, 3.05) is 19.8 Å². The maximum atomic E-state index is 5.32. The molecule has 1 saturated heterocycles. The molecule has 6 nitrogen and oxygen atoms in total. The first kappa shape index (κ1) is 10.5. The molecule has 0 saturated carbocycles. The van der Waals surface area contributed by atoms with Gasteiger partial charge in [0.2, 0.25) is 0 Å². The number of tetrazole rings is 1. The molecular weight excluding hydrogens is 194 g/mol. The first-order chi connectivity index (χ1) is 7.42. The fourth-order valence-electron chi connectivity index (χ4n) is 1.78. The van der Waals surface area contributed by atoms with Crippen LogP contribution in [0.5, 0.6) is 0 Å². The zero-order valence-electron chi connectivity index (χ0n) is 9.02. The molecule has 84 valence electrons. The second kappa shape index (κ2) is 5.18. The highest BCUT2D eigenvalue weighted by atomic mass is 16.5. The molecule has 15 heavy (non-hydrogen) atoms. The Morgan fingerprint density at radius 1 is 1.47 bits per heavy atom. The van der Waals surface area contributed by atoms with Crippen molar-refractivity contribution in [1.29, 1.82) is 0 Å². The highest BCUT2D eigenvalue weighted by molar-refractivity contribution is 4.84. The molecular formula is C9H17N5O. The Labute approximate surface area is 89.0 Å². The first-order valence-corrected chi connectivity index (χ1v) is 5.47. The Morgan fingerprint density at radius 3 is 3.00 bits per heavy atom. The Hall–Kier alpha value is -1.01. The van der Waals surface area contributed by atoms with Crippen molar-refractivity contribution in [3.63, 3.8) is 0 Å². The highest BCUT2D eigenvalue weighted by Crippen LogP contribution is 2.20. The van der Waals surface area contributed by atoms with E-state index >= 15 is 0 Å². The summed E-state index contributed by atoms with van der Waals surface area (Å²) in [5.41, 5.74) is 0. The Kier molecular flexibility index (Phi) is 3.63. The van der Waals surface area contributed by atoms with Crippen LogP contribution in [0.3, 0.4) is 0 Å². The molecule has 2 rings (SSSR count). The van der Waals surface area contributed by atoms with Gasteiger partial charge in [-0.05, 0) is 29.8 Å². The van der Waals surface area contributed by atoms with Crippen LogP contribution in [0.2, 0.25) is 0 Å². The number of nitrogens with one attached hydrogen (secondary N) is 1. The first-order valence-electron chi connectivity index (χ1n) is 5.47. The molecule has 0 spiro atoms. The maximum Gasteiger partial charge on any atom is 0.165 e. The smallest absolute Gasteiger partial charge is 0.165 e. The minimum atomic E-state index is 0.405. The predicted molar refractivity (Wildman–Crippen MR) is 54.3 cm³/mol. The fourth-order valence-corrected chi connectivity index (χ4v) is 1.78. The molecule has 1 aromatic rings. The zero-order chi connectivity index (χ0) is 10.5. The van der Waals surface area contributed by atoms with Gasteiger partial charge in [-0.3, -0.25) is 0 Å². The lowest BCUT2D eigenvalue weighted by Gasteiger charge is -2.22.